The third kappa shape index (κ3) is 5.10. The number of carbonyl (C=O) groups is 1. The Labute approximate surface area is 103 Å². The second-order valence-corrected chi connectivity index (χ2v) is 5.20. The van der Waals surface area contributed by atoms with Crippen LogP contribution in [0.1, 0.15) is 40.0 Å². The van der Waals surface area contributed by atoms with Gasteiger partial charge in [-0.1, -0.05) is 5.92 Å². The summed E-state index contributed by atoms with van der Waals surface area (Å²) in [5.74, 6) is 2.55. The van der Waals surface area contributed by atoms with Crippen molar-refractivity contribution in [3.05, 3.63) is 0 Å². The van der Waals surface area contributed by atoms with Gasteiger partial charge in [0, 0.05) is 6.61 Å². The second-order valence-electron chi connectivity index (χ2n) is 5.20. The standard InChI is InChI=1S/C13H21NO3/c1-5-10(11-8-6-7-9-16-11)14-12(15)17-13(2,3)4/h1,10-11H,6-9H2,2-4H3,(H,14,15). The minimum absolute atomic E-state index is 0.0960. The average molecular weight is 239 g/mol. The molecule has 1 aliphatic heterocycles. The Bertz CT molecular complexity index is 295. The molecule has 0 bridgehead atoms. The zero-order valence-electron chi connectivity index (χ0n) is 10.8. The number of ether oxygens (including phenoxy) is 2. The van der Waals surface area contributed by atoms with Crippen LogP contribution in [0.15, 0.2) is 0 Å². The second kappa shape index (κ2) is 5.92. The number of rotatable bonds is 2. The summed E-state index contributed by atoms with van der Waals surface area (Å²) in [6.07, 6.45) is 7.85. The summed E-state index contributed by atoms with van der Waals surface area (Å²) in [5, 5.41) is 2.67. The van der Waals surface area contributed by atoms with E-state index in [9.17, 15) is 4.79 Å². The number of hydrogen-bond donors (Lipinski definition) is 1. The average Bonchev–Trinajstić information content (AvgIpc) is 2.24. The molecular weight excluding hydrogens is 218 g/mol. The fourth-order valence-corrected chi connectivity index (χ4v) is 1.70. The zero-order chi connectivity index (χ0) is 12.9. The fourth-order valence-electron chi connectivity index (χ4n) is 1.70. The zero-order valence-corrected chi connectivity index (χ0v) is 10.8. The smallest absolute Gasteiger partial charge is 0.408 e. The summed E-state index contributed by atoms with van der Waals surface area (Å²) < 4.78 is 10.7. The van der Waals surface area contributed by atoms with E-state index >= 15 is 0 Å². The summed E-state index contributed by atoms with van der Waals surface area (Å²) in [6, 6.07) is -0.412. The lowest BCUT2D eigenvalue weighted by atomic mass is 10.0. The topological polar surface area (TPSA) is 47.6 Å². The van der Waals surface area contributed by atoms with Gasteiger partial charge in [-0.2, -0.15) is 0 Å². The lowest BCUT2D eigenvalue weighted by Gasteiger charge is -2.28. The maximum Gasteiger partial charge on any atom is 0.408 e. The largest absolute Gasteiger partial charge is 0.444 e. The van der Waals surface area contributed by atoms with Gasteiger partial charge in [0.15, 0.2) is 0 Å². The highest BCUT2D eigenvalue weighted by Gasteiger charge is 2.26. The predicted octanol–water partition coefficient (Wildman–Crippen LogP) is 2.08. The molecule has 1 heterocycles. The molecule has 1 amide bonds. The van der Waals surface area contributed by atoms with Gasteiger partial charge < -0.3 is 14.8 Å². The summed E-state index contributed by atoms with van der Waals surface area (Å²) >= 11 is 0. The molecule has 2 unspecified atom stereocenters. The molecular formula is C13H21NO3. The van der Waals surface area contributed by atoms with E-state index in [1.165, 1.54) is 0 Å². The van der Waals surface area contributed by atoms with Gasteiger partial charge in [0.25, 0.3) is 0 Å². The highest BCUT2D eigenvalue weighted by molar-refractivity contribution is 5.68. The Morgan fingerprint density at radius 3 is 2.71 bits per heavy atom. The molecule has 0 aromatic carbocycles. The van der Waals surface area contributed by atoms with E-state index in [4.69, 9.17) is 15.9 Å². The van der Waals surface area contributed by atoms with Crippen molar-refractivity contribution >= 4 is 6.09 Å². The van der Waals surface area contributed by atoms with Crippen LogP contribution in [-0.4, -0.2) is 30.4 Å². The third-order valence-electron chi connectivity index (χ3n) is 2.44. The van der Waals surface area contributed by atoms with Crippen LogP contribution < -0.4 is 5.32 Å². The van der Waals surface area contributed by atoms with Gasteiger partial charge >= 0.3 is 6.09 Å². The van der Waals surface area contributed by atoms with E-state index in [0.717, 1.165) is 19.3 Å². The Hall–Kier alpha value is -1.21. The minimum Gasteiger partial charge on any atom is -0.444 e. The summed E-state index contributed by atoms with van der Waals surface area (Å²) in [4.78, 5) is 11.6. The molecule has 4 nitrogen and oxygen atoms in total. The van der Waals surface area contributed by atoms with Crippen LogP contribution >= 0.6 is 0 Å². The molecule has 1 aliphatic rings. The molecule has 1 fully saturated rings. The molecule has 0 saturated carbocycles. The van der Waals surface area contributed by atoms with E-state index in [0.29, 0.717) is 6.61 Å². The Morgan fingerprint density at radius 1 is 1.53 bits per heavy atom. The monoisotopic (exact) mass is 239 g/mol. The number of hydrogen-bond acceptors (Lipinski definition) is 3. The number of terminal acetylenes is 1. The Morgan fingerprint density at radius 2 is 2.24 bits per heavy atom. The number of amides is 1. The summed E-state index contributed by atoms with van der Waals surface area (Å²) in [7, 11) is 0. The first-order chi connectivity index (χ1) is 7.92. The molecule has 0 radical (unpaired) electrons. The molecule has 1 N–H and O–H groups in total. The van der Waals surface area contributed by atoms with Gasteiger partial charge in [-0.15, -0.1) is 6.42 Å². The molecule has 17 heavy (non-hydrogen) atoms. The van der Waals surface area contributed by atoms with Gasteiger partial charge in [-0.05, 0) is 40.0 Å². The van der Waals surface area contributed by atoms with Crippen molar-refractivity contribution in [3.63, 3.8) is 0 Å². The van der Waals surface area contributed by atoms with Crippen molar-refractivity contribution in [3.8, 4) is 12.3 Å². The van der Waals surface area contributed by atoms with Crippen LogP contribution in [0.5, 0.6) is 0 Å². The molecule has 0 aromatic rings. The van der Waals surface area contributed by atoms with Crippen molar-refractivity contribution in [2.75, 3.05) is 6.61 Å². The van der Waals surface area contributed by atoms with Crippen LogP contribution in [0.2, 0.25) is 0 Å². The van der Waals surface area contributed by atoms with Gasteiger partial charge in [0.2, 0.25) is 0 Å². The quantitative estimate of drug-likeness (QED) is 0.750. The molecule has 0 aromatic heterocycles. The normalized spacial score (nSPS) is 22.4. The maximum atomic E-state index is 11.6. The first kappa shape index (κ1) is 13.9. The minimum atomic E-state index is -0.517. The molecule has 2 atom stereocenters. The van der Waals surface area contributed by atoms with Crippen molar-refractivity contribution < 1.29 is 14.3 Å². The van der Waals surface area contributed by atoms with Crippen LogP contribution in [0.25, 0.3) is 0 Å². The lowest BCUT2D eigenvalue weighted by Crippen LogP contribution is -2.46. The molecule has 4 heteroatoms. The molecule has 0 aliphatic carbocycles. The summed E-state index contributed by atoms with van der Waals surface area (Å²) in [5.41, 5.74) is -0.517. The summed E-state index contributed by atoms with van der Waals surface area (Å²) in [6.45, 7) is 6.15. The highest BCUT2D eigenvalue weighted by Crippen LogP contribution is 2.16. The van der Waals surface area contributed by atoms with E-state index in [1.807, 2.05) is 20.8 Å². The SMILES string of the molecule is C#CC(NC(=O)OC(C)(C)C)C1CCCCO1. The number of carbonyl (C=O) groups excluding carboxylic acids is 1. The lowest BCUT2D eigenvalue weighted by molar-refractivity contribution is -0.00143. The van der Waals surface area contributed by atoms with Crippen molar-refractivity contribution in [1.29, 1.82) is 0 Å². The van der Waals surface area contributed by atoms with Crippen molar-refractivity contribution in [1.82, 2.24) is 5.32 Å². The van der Waals surface area contributed by atoms with Crippen LogP contribution in [-0.2, 0) is 9.47 Å². The van der Waals surface area contributed by atoms with Crippen molar-refractivity contribution in [2.45, 2.75) is 57.8 Å². The van der Waals surface area contributed by atoms with Gasteiger partial charge in [0.05, 0.1) is 6.10 Å². The van der Waals surface area contributed by atoms with Crippen LogP contribution in [0.4, 0.5) is 4.79 Å². The van der Waals surface area contributed by atoms with E-state index in [1.54, 1.807) is 0 Å². The first-order valence-corrected chi connectivity index (χ1v) is 5.99. The highest BCUT2D eigenvalue weighted by atomic mass is 16.6. The van der Waals surface area contributed by atoms with Gasteiger partial charge in [0.1, 0.15) is 11.6 Å². The fraction of sp³-hybridized carbons (Fsp3) is 0.769. The van der Waals surface area contributed by atoms with Crippen LogP contribution in [0, 0.1) is 12.3 Å². The Balaban J connectivity index is 2.46. The predicted molar refractivity (Wildman–Crippen MR) is 65.6 cm³/mol. The molecule has 1 rings (SSSR count). The van der Waals surface area contributed by atoms with Gasteiger partial charge in [-0.25, -0.2) is 4.79 Å². The van der Waals surface area contributed by atoms with E-state index in [-0.39, 0.29) is 6.10 Å². The third-order valence-corrected chi connectivity index (χ3v) is 2.44. The van der Waals surface area contributed by atoms with E-state index < -0.39 is 17.7 Å². The number of nitrogens with one attached hydrogen (secondary N) is 1. The van der Waals surface area contributed by atoms with Crippen molar-refractivity contribution in [2.24, 2.45) is 0 Å². The van der Waals surface area contributed by atoms with E-state index in [2.05, 4.69) is 11.2 Å². The van der Waals surface area contributed by atoms with Crippen LogP contribution in [0.3, 0.4) is 0 Å². The molecule has 96 valence electrons. The maximum absolute atomic E-state index is 11.6. The number of alkyl carbamates (subject to hydrolysis) is 1. The molecule has 0 spiro atoms. The first-order valence-electron chi connectivity index (χ1n) is 5.99. The van der Waals surface area contributed by atoms with Gasteiger partial charge in [-0.3, -0.25) is 0 Å². The molecule has 1 saturated heterocycles. The Kier molecular flexibility index (Phi) is 4.83.